The van der Waals surface area contributed by atoms with E-state index in [1.807, 2.05) is 35.4 Å². The highest BCUT2D eigenvalue weighted by atomic mass is 32.1. The highest BCUT2D eigenvalue weighted by Crippen LogP contribution is 2.25. The molecule has 0 radical (unpaired) electrons. The fourth-order valence-corrected chi connectivity index (χ4v) is 4.37. The number of benzene rings is 1. The average Bonchev–Trinajstić information content (AvgIpc) is 3.35. The van der Waals surface area contributed by atoms with Crippen molar-refractivity contribution in [2.24, 2.45) is 0 Å². The van der Waals surface area contributed by atoms with Crippen LogP contribution in [-0.4, -0.2) is 38.7 Å². The Kier molecular flexibility index (Phi) is 4.59. The van der Waals surface area contributed by atoms with Crippen LogP contribution >= 0.6 is 11.3 Å². The van der Waals surface area contributed by atoms with Gasteiger partial charge in [-0.3, -0.25) is 9.48 Å². The summed E-state index contributed by atoms with van der Waals surface area (Å²) in [4.78, 5) is 19.3. The number of carbonyl (C=O) groups is 1. The van der Waals surface area contributed by atoms with Gasteiger partial charge in [0.1, 0.15) is 5.69 Å². The van der Waals surface area contributed by atoms with Crippen molar-refractivity contribution in [2.75, 3.05) is 13.1 Å². The summed E-state index contributed by atoms with van der Waals surface area (Å²) in [7, 11) is 0. The van der Waals surface area contributed by atoms with Crippen molar-refractivity contribution in [1.29, 1.82) is 0 Å². The van der Waals surface area contributed by atoms with Gasteiger partial charge in [0.15, 0.2) is 0 Å². The monoisotopic (exact) mass is 366 g/mol. The second-order valence-electron chi connectivity index (χ2n) is 6.85. The third-order valence-corrected chi connectivity index (χ3v) is 5.66. The van der Waals surface area contributed by atoms with Gasteiger partial charge in [0.05, 0.1) is 16.7 Å². The summed E-state index contributed by atoms with van der Waals surface area (Å²) in [5.74, 6) is 0.0320. The number of likely N-dealkylation sites (tertiary alicyclic amines) is 1. The van der Waals surface area contributed by atoms with Crippen LogP contribution in [0.1, 0.15) is 44.9 Å². The predicted octanol–water partition coefficient (Wildman–Crippen LogP) is 3.63. The van der Waals surface area contributed by atoms with E-state index in [1.54, 1.807) is 11.3 Å². The highest BCUT2D eigenvalue weighted by molar-refractivity contribution is 7.09. The SMILES string of the molecule is Cc1cc(C)n([C@@H]2CCN(C(=O)c3csc(Cc4ccccc4)n3)C2)n1. The Labute approximate surface area is 157 Å². The average molecular weight is 366 g/mol. The van der Waals surface area contributed by atoms with Crippen LogP contribution < -0.4 is 0 Å². The van der Waals surface area contributed by atoms with Crippen LogP contribution in [0.4, 0.5) is 0 Å². The minimum absolute atomic E-state index is 0.0320. The molecule has 0 spiro atoms. The van der Waals surface area contributed by atoms with Gasteiger partial charge in [-0.2, -0.15) is 5.10 Å². The number of nitrogens with zero attached hydrogens (tertiary/aromatic N) is 4. The number of thiazole rings is 1. The summed E-state index contributed by atoms with van der Waals surface area (Å²) in [5, 5.41) is 7.44. The molecule has 0 N–H and O–H groups in total. The minimum atomic E-state index is 0.0320. The molecule has 3 heterocycles. The van der Waals surface area contributed by atoms with E-state index in [1.165, 1.54) is 5.56 Å². The second kappa shape index (κ2) is 7.03. The van der Waals surface area contributed by atoms with E-state index in [9.17, 15) is 4.79 Å². The molecule has 1 aromatic carbocycles. The first-order valence-electron chi connectivity index (χ1n) is 8.90. The Morgan fingerprint density at radius 2 is 2.08 bits per heavy atom. The van der Waals surface area contributed by atoms with E-state index in [0.29, 0.717) is 12.2 Å². The van der Waals surface area contributed by atoms with E-state index in [0.717, 1.165) is 35.8 Å². The quantitative estimate of drug-likeness (QED) is 0.708. The first-order chi connectivity index (χ1) is 12.6. The van der Waals surface area contributed by atoms with E-state index in [-0.39, 0.29) is 11.9 Å². The highest BCUT2D eigenvalue weighted by Gasteiger charge is 2.30. The Morgan fingerprint density at radius 1 is 1.27 bits per heavy atom. The van der Waals surface area contributed by atoms with Gasteiger partial charge in [0.2, 0.25) is 0 Å². The molecule has 2 aromatic heterocycles. The summed E-state index contributed by atoms with van der Waals surface area (Å²) in [6, 6.07) is 12.6. The van der Waals surface area contributed by atoms with Crippen molar-refractivity contribution in [2.45, 2.75) is 32.7 Å². The van der Waals surface area contributed by atoms with Gasteiger partial charge in [0, 0.05) is 30.6 Å². The van der Waals surface area contributed by atoms with Gasteiger partial charge in [-0.05, 0) is 31.9 Å². The summed E-state index contributed by atoms with van der Waals surface area (Å²) in [6.07, 6.45) is 1.71. The van der Waals surface area contributed by atoms with Gasteiger partial charge >= 0.3 is 0 Å². The van der Waals surface area contributed by atoms with Gasteiger partial charge < -0.3 is 4.90 Å². The molecular formula is C20H22N4OS. The molecule has 0 aliphatic carbocycles. The van der Waals surface area contributed by atoms with Crippen LogP contribution in [0.3, 0.4) is 0 Å². The number of aryl methyl sites for hydroxylation is 2. The lowest BCUT2D eigenvalue weighted by molar-refractivity contribution is 0.0781. The van der Waals surface area contributed by atoms with Gasteiger partial charge in [-0.15, -0.1) is 11.3 Å². The summed E-state index contributed by atoms with van der Waals surface area (Å²) in [5.41, 5.74) is 3.96. The zero-order valence-electron chi connectivity index (χ0n) is 15.1. The molecular weight excluding hydrogens is 344 g/mol. The molecule has 0 saturated carbocycles. The van der Waals surface area contributed by atoms with Crippen molar-refractivity contribution in [1.82, 2.24) is 19.7 Å². The molecule has 1 aliphatic heterocycles. The summed E-state index contributed by atoms with van der Waals surface area (Å²) in [6.45, 7) is 5.53. The number of carbonyl (C=O) groups excluding carboxylic acids is 1. The minimum Gasteiger partial charge on any atom is -0.335 e. The molecule has 26 heavy (non-hydrogen) atoms. The molecule has 1 fully saturated rings. The van der Waals surface area contributed by atoms with Crippen molar-refractivity contribution in [3.63, 3.8) is 0 Å². The molecule has 0 unspecified atom stereocenters. The van der Waals surface area contributed by atoms with Crippen molar-refractivity contribution < 1.29 is 4.79 Å². The van der Waals surface area contributed by atoms with Crippen LogP contribution in [-0.2, 0) is 6.42 Å². The number of hydrogen-bond donors (Lipinski definition) is 0. The topological polar surface area (TPSA) is 51.0 Å². The first-order valence-corrected chi connectivity index (χ1v) is 9.78. The summed E-state index contributed by atoms with van der Waals surface area (Å²) >= 11 is 1.56. The standard InChI is InChI=1S/C20H22N4OS/c1-14-10-15(2)24(22-14)17-8-9-23(12-17)20(25)18-13-26-19(21-18)11-16-6-4-3-5-7-16/h3-7,10,13,17H,8-9,11-12H2,1-2H3/t17-/m1/s1. The maximum atomic E-state index is 12.8. The lowest BCUT2D eigenvalue weighted by atomic mass is 10.2. The van der Waals surface area contributed by atoms with E-state index in [4.69, 9.17) is 0 Å². The molecule has 6 heteroatoms. The third-order valence-electron chi connectivity index (χ3n) is 4.81. The maximum absolute atomic E-state index is 12.8. The van der Waals surface area contributed by atoms with E-state index in [2.05, 4.69) is 39.9 Å². The van der Waals surface area contributed by atoms with Crippen molar-refractivity contribution >= 4 is 17.2 Å². The molecule has 0 bridgehead atoms. The summed E-state index contributed by atoms with van der Waals surface area (Å²) < 4.78 is 2.06. The number of hydrogen-bond acceptors (Lipinski definition) is 4. The van der Waals surface area contributed by atoms with Crippen molar-refractivity contribution in [3.05, 3.63) is 69.4 Å². The van der Waals surface area contributed by atoms with Crippen LogP contribution in [0.25, 0.3) is 0 Å². The normalized spacial score (nSPS) is 17.0. The van der Waals surface area contributed by atoms with Crippen molar-refractivity contribution in [3.8, 4) is 0 Å². The van der Waals surface area contributed by atoms with Crippen LogP contribution in [0.15, 0.2) is 41.8 Å². The molecule has 1 atom stereocenters. The lowest BCUT2D eigenvalue weighted by Gasteiger charge is -2.16. The predicted molar refractivity (Wildman–Crippen MR) is 103 cm³/mol. The van der Waals surface area contributed by atoms with Crippen LogP contribution in [0, 0.1) is 13.8 Å². The Morgan fingerprint density at radius 3 is 2.81 bits per heavy atom. The smallest absolute Gasteiger partial charge is 0.273 e. The Balaban J connectivity index is 1.43. The molecule has 134 valence electrons. The molecule has 1 amide bonds. The maximum Gasteiger partial charge on any atom is 0.273 e. The van der Waals surface area contributed by atoms with Gasteiger partial charge in [-0.25, -0.2) is 4.98 Å². The molecule has 4 rings (SSSR count). The van der Waals surface area contributed by atoms with E-state index >= 15 is 0 Å². The second-order valence-corrected chi connectivity index (χ2v) is 7.80. The fourth-order valence-electron chi connectivity index (χ4n) is 3.56. The largest absolute Gasteiger partial charge is 0.335 e. The zero-order valence-corrected chi connectivity index (χ0v) is 15.9. The number of aromatic nitrogens is 3. The first kappa shape index (κ1) is 17.0. The molecule has 5 nitrogen and oxygen atoms in total. The number of amides is 1. The molecule has 1 aliphatic rings. The van der Waals surface area contributed by atoms with Gasteiger partial charge in [0.25, 0.3) is 5.91 Å². The molecule has 3 aromatic rings. The number of rotatable bonds is 4. The Bertz CT molecular complexity index is 915. The van der Waals surface area contributed by atoms with Crippen LogP contribution in [0.5, 0.6) is 0 Å². The Hall–Kier alpha value is -2.47. The van der Waals surface area contributed by atoms with Gasteiger partial charge in [-0.1, -0.05) is 30.3 Å². The third kappa shape index (κ3) is 3.42. The van der Waals surface area contributed by atoms with E-state index < -0.39 is 0 Å². The lowest BCUT2D eigenvalue weighted by Crippen LogP contribution is -2.29. The fraction of sp³-hybridized carbons (Fsp3) is 0.350. The van der Waals surface area contributed by atoms with Crippen LogP contribution in [0.2, 0.25) is 0 Å². The molecule has 1 saturated heterocycles. The zero-order chi connectivity index (χ0) is 18.1.